The van der Waals surface area contributed by atoms with E-state index in [-0.39, 0.29) is 5.41 Å². The second kappa shape index (κ2) is 5.16. The molecule has 26 heavy (non-hydrogen) atoms. The van der Waals surface area contributed by atoms with E-state index in [1.165, 1.54) is 43.2 Å². The molecule has 0 fully saturated rings. The highest BCUT2D eigenvalue weighted by Gasteiger charge is 2.51. The van der Waals surface area contributed by atoms with Crippen molar-refractivity contribution in [1.82, 2.24) is 0 Å². The molecule has 122 valence electrons. The van der Waals surface area contributed by atoms with Gasteiger partial charge < -0.3 is 0 Å². The van der Waals surface area contributed by atoms with E-state index >= 15 is 0 Å². The number of thioether (sulfide) groups is 1. The maximum absolute atomic E-state index is 3.24. The molecule has 1 aliphatic heterocycles. The molecule has 3 aliphatic carbocycles. The zero-order valence-electron chi connectivity index (χ0n) is 14.3. The first-order valence-corrected chi connectivity index (χ1v) is 9.92. The van der Waals surface area contributed by atoms with Crippen molar-refractivity contribution < 1.29 is 0 Å². The van der Waals surface area contributed by atoms with E-state index < -0.39 is 0 Å². The maximum atomic E-state index is 3.24. The molecule has 0 N–H and O–H groups in total. The second-order valence-corrected chi connectivity index (χ2v) is 8.17. The van der Waals surface area contributed by atoms with Gasteiger partial charge in [0, 0.05) is 15.9 Å². The minimum Gasteiger partial charge on any atom is -0.0887 e. The third kappa shape index (κ3) is 1.64. The summed E-state index contributed by atoms with van der Waals surface area (Å²) in [6.07, 6.45) is 11.2. The Morgan fingerprint density at radius 1 is 0.846 bits per heavy atom. The number of fused-ring (bicyclic) bond motifs is 7. The van der Waals surface area contributed by atoms with E-state index in [1.807, 2.05) is 11.8 Å². The average Bonchev–Trinajstić information content (AvgIpc) is 3.00. The van der Waals surface area contributed by atoms with Gasteiger partial charge in [0.2, 0.25) is 0 Å². The van der Waals surface area contributed by atoms with Crippen LogP contribution in [0.2, 0.25) is 0 Å². The summed E-state index contributed by atoms with van der Waals surface area (Å²) in [6.45, 7) is 0. The van der Waals surface area contributed by atoms with Gasteiger partial charge in [-0.15, -0.1) is 0 Å². The molecule has 0 saturated carbocycles. The van der Waals surface area contributed by atoms with E-state index in [9.17, 15) is 0 Å². The zero-order valence-corrected chi connectivity index (χ0v) is 15.1. The number of hydrogen-bond acceptors (Lipinski definition) is 1. The van der Waals surface area contributed by atoms with Crippen LogP contribution in [0.5, 0.6) is 0 Å². The van der Waals surface area contributed by atoms with Crippen LogP contribution < -0.4 is 0 Å². The Labute approximate surface area is 157 Å². The molecule has 0 bridgehead atoms. The fourth-order valence-electron chi connectivity index (χ4n) is 4.97. The van der Waals surface area contributed by atoms with Gasteiger partial charge in [0.05, 0.1) is 5.41 Å². The fourth-order valence-corrected chi connectivity index (χ4v) is 6.12. The summed E-state index contributed by atoms with van der Waals surface area (Å²) in [5.74, 6) is 0. The van der Waals surface area contributed by atoms with Gasteiger partial charge in [-0.1, -0.05) is 77.8 Å². The smallest absolute Gasteiger partial charge is 0.0738 e. The molecule has 1 heterocycles. The molecule has 1 heteroatoms. The predicted octanol–water partition coefficient (Wildman–Crippen LogP) is 6.33. The van der Waals surface area contributed by atoms with Crippen molar-refractivity contribution in [1.29, 1.82) is 0 Å². The van der Waals surface area contributed by atoms with Gasteiger partial charge in [-0.25, -0.2) is 0 Å². The highest BCUT2D eigenvalue weighted by Crippen LogP contribution is 2.62. The Morgan fingerprint density at radius 2 is 1.65 bits per heavy atom. The van der Waals surface area contributed by atoms with Crippen LogP contribution in [0.3, 0.4) is 0 Å². The van der Waals surface area contributed by atoms with Crippen molar-refractivity contribution in [2.45, 2.75) is 23.2 Å². The van der Waals surface area contributed by atoms with E-state index in [1.54, 1.807) is 0 Å². The van der Waals surface area contributed by atoms with Crippen molar-refractivity contribution in [2.24, 2.45) is 0 Å². The van der Waals surface area contributed by atoms with Gasteiger partial charge >= 0.3 is 0 Å². The van der Waals surface area contributed by atoms with Crippen molar-refractivity contribution in [3.05, 3.63) is 117 Å². The van der Waals surface area contributed by atoms with E-state index in [2.05, 4.69) is 84.3 Å². The molecular formula is C25H16S. The second-order valence-electron chi connectivity index (χ2n) is 7.08. The number of hydrogen-bond donors (Lipinski definition) is 0. The first-order valence-electron chi connectivity index (χ1n) is 9.10. The van der Waals surface area contributed by atoms with Gasteiger partial charge in [0.1, 0.15) is 0 Å². The molecule has 2 aromatic carbocycles. The lowest BCUT2D eigenvalue weighted by Gasteiger charge is -2.41. The molecule has 2 aromatic rings. The molecular weight excluding hydrogens is 332 g/mol. The van der Waals surface area contributed by atoms with Gasteiger partial charge in [-0.05, 0) is 58.4 Å². The van der Waals surface area contributed by atoms with Gasteiger partial charge in [-0.3, -0.25) is 0 Å². The highest BCUT2D eigenvalue weighted by atomic mass is 32.2. The number of rotatable bonds is 0. The van der Waals surface area contributed by atoms with E-state index in [0.29, 0.717) is 0 Å². The standard InChI is InChI=1S/C25H16S/c1-3-11-19-17(9-1)18-10-2-4-12-20(18)25(19)21-13-5-7-15-23(21)26-24-16-8-6-14-22(24)25/h1,3-5,7,9,11-16H,2,10H2. The van der Waals surface area contributed by atoms with Gasteiger partial charge in [0.25, 0.3) is 0 Å². The molecule has 1 atom stereocenters. The van der Waals surface area contributed by atoms with Crippen molar-refractivity contribution >= 4 is 17.3 Å². The minimum absolute atomic E-state index is 0.217. The van der Waals surface area contributed by atoms with Crippen LogP contribution in [-0.4, -0.2) is 0 Å². The summed E-state index contributed by atoms with van der Waals surface area (Å²) in [5, 5.41) is 0. The van der Waals surface area contributed by atoms with Gasteiger partial charge in [-0.2, -0.15) is 0 Å². The third-order valence-corrected chi connectivity index (χ3v) is 7.05. The van der Waals surface area contributed by atoms with Crippen LogP contribution in [0.1, 0.15) is 29.5 Å². The zero-order chi connectivity index (χ0) is 17.1. The van der Waals surface area contributed by atoms with Gasteiger partial charge in [0.15, 0.2) is 0 Å². The number of benzene rings is 2. The fraction of sp³-hybridized carbons (Fsp3) is 0.120. The highest BCUT2D eigenvalue weighted by molar-refractivity contribution is 8.03. The summed E-state index contributed by atoms with van der Waals surface area (Å²) < 4.78 is 0. The molecule has 1 spiro atoms. The summed E-state index contributed by atoms with van der Waals surface area (Å²) >= 11 is 1.86. The van der Waals surface area contributed by atoms with Crippen LogP contribution in [0.25, 0.3) is 5.57 Å². The monoisotopic (exact) mass is 348 g/mol. The molecule has 0 aromatic heterocycles. The third-order valence-electron chi connectivity index (χ3n) is 5.91. The Hall–Kier alpha value is -2.69. The quantitative estimate of drug-likeness (QED) is 0.501. The van der Waals surface area contributed by atoms with Crippen molar-refractivity contribution in [2.75, 3.05) is 0 Å². The Morgan fingerprint density at radius 3 is 2.62 bits per heavy atom. The van der Waals surface area contributed by atoms with Crippen molar-refractivity contribution in [3.63, 3.8) is 0 Å². The summed E-state index contributed by atoms with van der Waals surface area (Å²) in [5.41, 5.74) is 14.8. The summed E-state index contributed by atoms with van der Waals surface area (Å²) in [7, 11) is 0. The summed E-state index contributed by atoms with van der Waals surface area (Å²) in [6, 6.07) is 17.9. The molecule has 0 amide bonds. The van der Waals surface area contributed by atoms with E-state index in [0.717, 1.165) is 12.8 Å². The van der Waals surface area contributed by atoms with Crippen LogP contribution in [0, 0.1) is 0 Å². The van der Waals surface area contributed by atoms with Crippen LogP contribution in [0.4, 0.5) is 0 Å². The molecule has 0 saturated heterocycles. The molecule has 0 radical (unpaired) electrons. The summed E-state index contributed by atoms with van der Waals surface area (Å²) in [4.78, 5) is 2.65. The molecule has 0 nitrogen and oxygen atoms in total. The topological polar surface area (TPSA) is 0 Å². The SMILES string of the molecule is C1=C=CC2=C(C=1)Sc1ccccc1C21C2=C(CCC=C2)c2ccccc21. The lowest BCUT2D eigenvalue weighted by atomic mass is 9.65. The number of allylic oxidation sites excluding steroid dienone is 7. The van der Waals surface area contributed by atoms with Crippen LogP contribution in [0.15, 0.2) is 105 Å². The first-order chi connectivity index (χ1) is 12.9. The Balaban J connectivity index is 1.82. The molecule has 4 aliphatic rings. The first kappa shape index (κ1) is 14.5. The van der Waals surface area contributed by atoms with Crippen LogP contribution in [-0.2, 0) is 5.41 Å². The Bertz CT molecular complexity index is 1170. The van der Waals surface area contributed by atoms with Crippen LogP contribution >= 0.6 is 11.8 Å². The van der Waals surface area contributed by atoms with Crippen molar-refractivity contribution in [3.8, 4) is 0 Å². The van der Waals surface area contributed by atoms with E-state index in [4.69, 9.17) is 0 Å². The Kier molecular flexibility index (Phi) is 2.87. The lowest BCUT2D eigenvalue weighted by Crippen LogP contribution is -2.33. The average molecular weight is 348 g/mol. The largest absolute Gasteiger partial charge is 0.0887 e. The molecule has 6 rings (SSSR count). The predicted molar refractivity (Wildman–Crippen MR) is 108 cm³/mol. The molecule has 1 unspecified atom stereocenters. The normalized spacial score (nSPS) is 24.0. The maximum Gasteiger partial charge on any atom is 0.0738 e. The minimum atomic E-state index is -0.217. The lowest BCUT2D eigenvalue weighted by molar-refractivity contribution is 0.730.